The summed E-state index contributed by atoms with van der Waals surface area (Å²) in [7, 11) is 0. The number of nitrogen functional groups attached to an aromatic ring is 1. The zero-order chi connectivity index (χ0) is 17.9. The lowest BCUT2D eigenvalue weighted by molar-refractivity contribution is 0.291. The molecule has 0 saturated heterocycles. The maximum absolute atomic E-state index is 5.99. The molecule has 0 aliphatic carbocycles. The molecule has 26 heavy (non-hydrogen) atoms. The van der Waals surface area contributed by atoms with Gasteiger partial charge < -0.3 is 10.5 Å². The Labute approximate surface area is 151 Å². The molecule has 130 valence electrons. The number of fused-ring (bicyclic) bond motifs is 1. The zero-order valence-electron chi connectivity index (χ0n) is 14.5. The van der Waals surface area contributed by atoms with Gasteiger partial charge in [-0.1, -0.05) is 24.3 Å². The van der Waals surface area contributed by atoms with Gasteiger partial charge in [0.2, 0.25) is 5.95 Å². The van der Waals surface area contributed by atoms with E-state index in [1.54, 1.807) is 12.4 Å². The highest BCUT2D eigenvalue weighted by atomic mass is 16.5. The Morgan fingerprint density at radius 2 is 1.88 bits per heavy atom. The van der Waals surface area contributed by atoms with Crippen LogP contribution in [0.4, 0.5) is 5.95 Å². The van der Waals surface area contributed by atoms with Gasteiger partial charge in [-0.2, -0.15) is 5.10 Å². The molecule has 0 bridgehead atoms. The molecular weight excluding hydrogens is 326 g/mol. The van der Waals surface area contributed by atoms with E-state index in [9.17, 15) is 0 Å². The monoisotopic (exact) mass is 345 g/mol. The molecule has 0 unspecified atom stereocenters. The third kappa shape index (κ3) is 3.35. The second-order valence-corrected chi connectivity index (χ2v) is 6.09. The van der Waals surface area contributed by atoms with Crippen molar-refractivity contribution in [1.82, 2.24) is 19.7 Å². The first-order valence-electron chi connectivity index (χ1n) is 8.42. The number of nitrogens with zero attached hydrogens (tertiary/aromatic N) is 4. The van der Waals surface area contributed by atoms with Crippen LogP contribution < -0.4 is 10.5 Å². The lowest BCUT2D eigenvalue weighted by Crippen LogP contribution is -2.08. The van der Waals surface area contributed by atoms with Crippen LogP contribution in [0, 0.1) is 6.92 Å². The van der Waals surface area contributed by atoms with E-state index in [1.807, 2.05) is 48.1 Å². The Hall–Kier alpha value is -3.41. The highest BCUT2D eigenvalue weighted by Crippen LogP contribution is 2.32. The van der Waals surface area contributed by atoms with Gasteiger partial charge in [-0.15, -0.1) is 0 Å². The van der Waals surface area contributed by atoms with E-state index >= 15 is 0 Å². The number of hydrogen-bond acceptors (Lipinski definition) is 5. The molecule has 0 atom stereocenters. The lowest BCUT2D eigenvalue weighted by Gasteiger charge is -2.12. The van der Waals surface area contributed by atoms with Gasteiger partial charge in [-0.25, -0.2) is 9.97 Å². The minimum atomic E-state index is 0.264. The lowest BCUT2D eigenvalue weighted by atomic mass is 10.00. The molecule has 6 nitrogen and oxygen atoms in total. The van der Waals surface area contributed by atoms with Crippen molar-refractivity contribution in [3.8, 4) is 16.9 Å². The zero-order valence-corrected chi connectivity index (χ0v) is 14.5. The Morgan fingerprint density at radius 1 is 1.08 bits per heavy atom. The molecule has 2 aromatic carbocycles. The van der Waals surface area contributed by atoms with Crippen molar-refractivity contribution in [2.24, 2.45) is 0 Å². The van der Waals surface area contributed by atoms with Crippen molar-refractivity contribution in [3.63, 3.8) is 0 Å². The Morgan fingerprint density at radius 3 is 2.65 bits per heavy atom. The number of rotatable bonds is 5. The quantitative estimate of drug-likeness (QED) is 0.599. The predicted molar refractivity (Wildman–Crippen MR) is 102 cm³/mol. The topological polar surface area (TPSA) is 78.9 Å². The summed E-state index contributed by atoms with van der Waals surface area (Å²) in [5.74, 6) is 1.07. The average Bonchev–Trinajstić information content (AvgIpc) is 3.07. The van der Waals surface area contributed by atoms with E-state index in [1.165, 1.54) is 0 Å². The van der Waals surface area contributed by atoms with Gasteiger partial charge in [0.15, 0.2) is 0 Å². The number of aromatic nitrogens is 4. The van der Waals surface area contributed by atoms with Crippen LogP contribution in [0.25, 0.3) is 21.9 Å². The van der Waals surface area contributed by atoms with Gasteiger partial charge in [0.25, 0.3) is 0 Å². The Bertz CT molecular complexity index is 1040. The van der Waals surface area contributed by atoms with Gasteiger partial charge in [0, 0.05) is 24.2 Å². The molecule has 4 rings (SSSR count). The number of hydrogen-bond donors (Lipinski definition) is 1. The van der Waals surface area contributed by atoms with Gasteiger partial charge in [-0.3, -0.25) is 4.68 Å². The molecular formula is C20H19N5O. The standard InChI is InChI=1S/C20H19N5O/c1-14-6-7-25(24-14)8-9-26-17-10-15-4-2-3-5-18(15)19(11-17)16-12-22-20(21)23-13-16/h2-7,10-13H,8-9H2,1H3,(H2,21,22,23). The third-order valence-electron chi connectivity index (χ3n) is 4.18. The summed E-state index contributed by atoms with van der Waals surface area (Å²) in [5, 5.41) is 6.60. The molecule has 0 aliphatic rings. The molecule has 0 fully saturated rings. The van der Waals surface area contributed by atoms with E-state index in [2.05, 4.69) is 27.2 Å². The van der Waals surface area contributed by atoms with Gasteiger partial charge in [0.1, 0.15) is 12.4 Å². The molecule has 0 spiro atoms. The van der Waals surface area contributed by atoms with Crippen LogP contribution in [0.3, 0.4) is 0 Å². The van der Waals surface area contributed by atoms with Gasteiger partial charge in [0.05, 0.1) is 12.2 Å². The summed E-state index contributed by atoms with van der Waals surface area (Å²) in [6.45, 7) is 3.21. The number of benzene rings is 2. The van der Waals surface area contributed by atoms with Crippen molar-refractivity contribution in [2.45, 2.75) is 13.5 Å². The second kappa shape index (κ2) is 6.84. The van der Waals surface area contributed by atoms with Crippen LogP contribution in [0.1, 0.15) is 5.69 Å². The van der Waals surface area contributed by atoms with Gasteiger partial charge >= 0.3 is 0 Å². The Kier molecular flexibility index (Phi) is 4.23. The molecule has 2 heterocycles. The van der Waals surface area contributed by atoms with E-state index in [0.29, 0.717) is 13.2 Å². The van der Waals surface area contributed by atoms with E-state index in [0.717, 1.165) is 33.3 Å². The molecule has 0 amide bonds. The third-order valence-corrected chi connectivity index (χ3v) is 4.18. The van der Waals surface area contributed by atoms with Crippen LogP contribution in [-0.4, -0.2) is 26.4 Å². The summed E-state index contributed by atoms with van der Waals surface area (Å²) in [6, 6.07) is 14.2. The fraction of sp³-hybridized carbons (Fsp3) is 0.150. The number of aryl methyl sites for hydroxylation is 1. The van der Waals surface area contributed by atoms with Crippen molar-refractivity contribution >= 4 is 16.7 Å². The van der Waals surface area contributed by atoms with Crippen LogP contribution >= 0.6 is 0 Å². The minimum absolute atomic E-state index is 0.264. The largest absolute Gasteiger partial charge is 0.492 e. The predicted octanol–water partition coefficient (Wildman–Crippen LogP) is 3.46. The van der Waals surface area contributed by atoms with Crippen LogP contribution in [0.2, 0.25) is 0 Å². The first kappa shape index (κ1) is 16.1. The maximum atomic E-state index is 5.99. The molecule has 0 radical (unpaired) electrons. The summed E-state index contributed by atoms with van der Waals surface area (Å²) in [4.78, 5) is 8.22. The summed E-state index contributed by atoms with van der Waals surface area (Å²) in [5.41, 5.74) is 8.54. The van der Waals surface area contributed by atoms with Crippen LogP contribution in [0.5, 0.6) is 5.75 Å². The SMILES string of the molecule is Cc1ccn(CCOc2cc(-c3cnc(N)nc3)c3ccccc3c2)n1. The first-order chi connectivity index (χ1) is 12.7. The van der Waals surface area contributed by atoms with Crippen molar-refractivity contribution in [2.75, 3.05) is 12.3 Å². The summed E-state index contributed by atoms with van der Waals surface area (Å²) >= 11 is 0. The fourth-order valence-electron chi connectivity index (χ4n) is 2.93. The van der Waals surface area contributed by atoms with E-state index < -0.39 is 0 Å². The average molecular weight is 345 g/mol. The number of ether oxygens (including phenoxy) is 1. The van der Waals surface area contributed by atoms with Crippen molar-refractivity contribution < 1.29 is 4.74 Å². The van der Waals surface area contributed by atoms with Crippen LogP contribution in [0.15, 0.2) is 61.1 Å². The van der Waals surface area contributed by atoms with Gasteiger partial charge in [-0.05, 0) is 41.5 Å². The highest BCUT2D eigenvalue weighted by molar-refractivity contribution is 5.97. The molecule has 2 aromatic heterocycles. The minimum Gasteiger partial charge on any atom is -0.492 e. The number of anilines is 1. The van der Waals surface area contributed by atoms with Crippen molar-refractivity contribution in [1.29, 1.82) is 0 Å². The van der Waals surface area contributed by atoms with Crippen molar-refractivity contribution in [3.05, 3.63) is 66.7 Å². The van der Waals surface area contributed by atoms with E-state index in [4.69, 9.17) is 10.5 Å². The Balaban J connectivity index is 1.64. The molecule has 2 N–H and O–H groups in total. The first-order valence-corrected chi connectivity index (χ1v) is 8.42. The summed E-state index contributed by atoms with van der Waals surface area (Å²) in [6.07, 6.45) is 5.43. The number of nitrogens with two attached hydrogens (primary N) is 1. The molecule has 6 heteroatoms. The van der Waals surface area contributed by atoms with E-state index in [-0.39, 0.29) is 5.95 Å². The molecule has 0 aliphatic heterocycles. The highest BCUT2D eigenvalue weighted by Gasteiger charge is 2.08. The normalized spacial score (nSPS) is 11.0. The molecule has 0 saturated carbocycles. The van der Waals surface area contributed by atoms with Crippen LogP contribution in [-0.2, 0) is 6.54 Å². The summed E-state index contributed by atoms with van der Waals surface area (Å²) < 4.78 is 7.87. The smallest absolute Gasteiger partial charge is 0.219 e. The second-order valence-electron chi connectivity index (χ2n) is 6.09. The fourth-order valence-corrected chi connectivity index (χ4v) is 2.93. The maximum Gasteiger partial charge on any atom is 0.219 e. The molecule has 4 aromatic rings.